The Labute approximate surface area is 296 Å². The number of aliphatic hydroxyl groups is 1. The molecule has 20 nitrogen and oxygen atoms in total. The van der Waals surface area contributed by atoms with Crippen LogP contribution in [0.4, 0.5) is 13.6 Å². The van der Waals surface area contributed by atoms with E-state index in [0.717, 1.165) is 5.56 Å². The number of benzene rings is 1. The number of Topliss-reactive ketones (excluding diaryl/α,β-unsaturated/α-hetero) is 1. The van der Waals surface area contributed by atoms with Gasteiger partial charge in [0.05, 0.1) is 12.5 Å². The molecule has 14 N–H and O–H groups in total. The average Bonchev–Trinajstić information content (AvgIpc) is 3.08. The van der Waals surface area contributed by atoms with E-state index in [1.165, 1.54) is 6.92 Å². The van der Waals surface area contributed by atoms with Gasteiger partial charge in [-0.05, 0) is 24.8 Å². The lowest BCUT2D eigenvalue weighted by Gasteiger charge is -2.19. The molecule has 0 aliphatic heterocycles. The van der Waals surface area contributed by atoms with Gasteiger partial charge in [0.2, 0.25) is 0 Å². The van der Waals surface area contributed by atoms with E-state index < -0.39 is 97.7 Å². The molecule has 1 rings (SSSR count). The molecule has 0 fully saturated rings. The van der Waals surface area contributed by atoms with E-state index in [1.807, 2.05) is 37.3 Å². The molecule has 0 heterocycles. The third-order valence-electron chi connectivity index (χ3n) is 5.77. The standard InChI is InChI=1S/C14H19NO4.C5H9NO4.C4H7NO4.C4H9NO3.C3H4F2O/c1-3-10(2)12(13(16)17)15-14(18)19-9-11-7-5-4-6-8-11;6-3(5(9)10)1-2-4(7)8;5-2(4(8)9)1-3(6)7;1-2(6)3(5)4(7)8;4-1-3(6)2-5/h4-8,10,12H,3,9H2,1-2H3,(H,15,18)(H,16,17);3H,1-2,6H2,(H,7,8)(H,9,10);2H,1,5H2,(H,6,7)(H,8,9);2-3,6H,5H2,1H3,(H,7,8);1-2H2/t10-,12-;3-;2-;2-,3+;/m0001./s1. The molecule has 22 heteroatoms. The summed E-state index contributed by atoms with van der Waals surface area (Å²) in [5, 5.41) is 60.3. The van der Waals surface area contributed by atoms with Gasteiger partial charge >= 0.3 is 41.9 Å². The number of alkyl halides is 2. The van der Waals surface area contributed by atoms with E-state index in [1.54, 1.807) is 6.92 Å². The summed E-state index contributed by atoms with van der Waals surface area (Å²) in [6.45, 7) is 2.74. The first-order chi connectivity index (χ1) is 24.0. The number of ketones is 1. The van der Waals surface area contributed by atoms with Crippen LogP contribution in [-0.4, -0.2) is 127 Å². The maximum Gasteiger partial charge on any atom is 0.408 e. The molecular formula is C30H48F2N4O16. The fourth-order valence-corrected chi connectivity index (χ4v) is 2.49. The number of hydrogen-bond donors (Lipinski definition) is 11. The molecule has 298 valence electrons. The molecule has 0 aliphatic rings. The summed E-state index contributed by atoms with van der Waals surface area (Å²) >= 11 is 0. The van der Waals surface area contributed by atoms with Gasteiger partial charge in [0, 0.05) is 6.42 Å². The van der Waals surface area contributed by atoms with Crippen LogP contribution in [0.2, 0.25) is 0 Å². The second-order valence-electron chi connectivity index (χ2n) is 10.2. The van der Waals surface area contributed by atoms with Gasteiger partial charge in [0.15, 0.2) is 19.1 Å². The minimum Gasteiger partial charge on any atom is -0.481 e. The number of amides is 1. The summed E-state index contributed by atoms with van der Waals surface area (Å²) < 4.78 is 26.6. The Kier molecular flexibility index (Phi) is 32.5. The number of aliphatic hydroxyl groups excluding tert-OH is 1. The molecule has 1 aromatic rings. The van der Waals surface area contributed by atoms with Gasteiger partial charge in [-0.15, -0.1) is 0 Å². The van der Waals surface area contributed by atoms with Gasteiger partial charge in [-0.25, -0.2) is 18.4 Å². The Morgan fingerprint density at radius 3 is 1.50 bits per heavy atom. The zero-order valence-electron chi connectivity index (χ0n) is 28.6. The lowest BCUT2D eigenvalue weighted by molar-refractivity contribution is -0.144. The summed E-state index contributed by atoms with van der Waals surface area (Å²) in [6.07, 6.45) is -1.78. The number of carboxylic acid groups (broad SMARTS) is 6. The fourth-order valence-electron chi connectivity index (χ4n) is 2.49. The van der Waals surface area contributed by atoms with Crippen LogP contribution in [0.1, 0.15) is 52.0 Å². The van der Waals surface area contributed by atoms with Crippen LogP contribution in [0.5, 0.6) is 0 Å². The first kappa shape index (κ1) is 53.5. The monoisotopic (exact) mass is 758 g/mol. The maximum absolute atomic E-state index is 11.6. The van der Waals surface area contributed by atoms with Crippen LogP contribution in [0.3, 0.4) is 0 Å². The zero-order chi connectivity index (χ0) is 41.6. The Bertz CT molecular complexity index is 1230. The molecule has 6 atom stereocenters. The molecule has 0 radical (unpaired) electrons. The molecule has 0 spiro atoms. The predicted molar refractivity (Wildman–Crippen MR) is 175 cm³/mol. The molecule has 52 heavy (non-hydrogen) atoms. The summed E-state index contributed by atoms with van der Waals surface area (Å²) in [4.78, 5) is 81.4. The van der Waals surface area contributed by atoms with Gasteiger partial charge in [0.25, 0.3) is 0 Å². The molecule has 0 aliphatic carbocycles. The smallest absolute Gasteiger partial charge is 0.408 e. The second kappa shape index (κ2) is 31.6. The molecule has 1 amide bonds. The van der Waals surface area contributed by atoms with E-state index >= 15 is 0 Å². The van der Waals surface area contributed by atoms with Crippen molar-refractivity contribution in [3.8, 4) is 0 Å². The van der Waals surface area contributed by atoms with Crippen molar-refractivity contribution in [2.45, 2.75) is 83.3 Å². The second-order valence-corrected chi connectivity index (χ2v) is 10.2. The van der Waals surface area contributed by atoms with E-state index in [2.05, 4.69) is 5.32 Å². The van der Waals surface area contributed by atoms with Crippen LogP contribution >= 0.6 is 0 Å². The van der Waals surface area contributed by atoms with Crippen LogP contribution in [0.25, 0.3) is 0 Å². The minimum atomic E-state index is -1.29. The van der Waals surface area contributed by atoms with Crippen molar-refractivity contribution >= 4 is 47.7 Å². The highest BCUT2D eigenvalue weighted by atomic mass is 19.1. The number of nitrogens with two attached hydrogens (primary N) is 3. The van der Waals surface area contributed by atoms with Crippen molar-refractivity contribution in [1.82, 2.24) is 5.32 Å². The molecule has 0 aromatic heterocycles. The molecule has 0 bridgehead atoms. The number of nitrogens with one attached hydrogen (secondary N) is 1. The lowest BCUT2D eigenvalue weighted by atomic mass is 10.00. The largest absolute Gasteiger partial charge is 0.481 e. The number of aliphatic carboxylic acids is 6. The normalized spacial score (nSPS) is 13.1. The van der Waals surface area contributed by atoms with Crippen molar-refractivity contribution in [2.24, 2.45) is 23.1 Å². The Balaban J connectivity index is -0.000000299. The molecule has 1 aromatic carbocycles. The molecule has 0 unspecified atom stereocenters. The van der Waals surface area contributed by atoms with E-state index in [-0.39, 0.29) is 25.4 Å². The van der Waals surface area contributed by atoms with Crippen LogP contribution in [0.15, 0.2) is 30.3 Å². The highest BCUT2D eigenvalue weighted by Gasteiger charge is 2.26. The van der Waals surface area contributed by atoms with Crippen molar-refractivity contribution in [1.29, 1.82) is 0 Å². The third-order valence-corrected chi connectivity index (χ3v) is 5.77. The van der Waals surface area contributed by atoms with Gasteiger partial charge in [-0.2, -0.15) is 0 Å². The van der Waals surface area contributed by atoms with Crippen LogP contribution in [-0.2, 0) is 44.9 Å². The first-order valence-corrected chi connectivity index (χ1v) is 14.9. The molecule has 0 saturated carbocycles. The van der Waals surface area contributed by atoms with E-state index in [4.69, 9.17) is 57.7 Å². The Morgan fingerprint density at radius 2 is 1.23 bits per heavy atom. The predicted octanol–water partition coefficient (Wildman–Crippen LogP) is -0.178. The molecule has 0 saturated heterocycles. The van der Waals surface area contributed by atoms with Crippen molar-refractivity contribution in [3.63, 3.8) is 0 Å². The Hall–Kier alpha value is -5.32. The zero-order valence-corrected chi connectivity index (χ0v) is 28.6. The number of carbonyl (C=O) groups excluding carboxylic acids is 2. The Morgan fingerprint density at radius 1 is 0.750 bits per heavy atom. The van der Waals surface area contributed by atoms with Gasteiger partial charge in [-0.1, -0.05) is 50.6 Å². The van der Waals surface area contributed by atoms with Crippen LogP contribution in [0, 0.1) is 5.92 Å². The summed E-state index contributed by atoms with van der Waals surface area (Å²) in [7, 11) is 0. The fraction of sp³-hybridized carbons (Fsp3) is 0.533. The SMILES string of the molecule is CC[C@H](C)[C@H](NC(=O)OCc1ccccc1)C(=O)O.C[C@@H](O)[C@H](N)C(=O)O.N[C@@H](CC(=O)O)C(=O)O.N[C@@H](CCC(=O)O)C(=O)O.O=C(CF)CF. The quantitative estimate of drug-likeness (QED) is 0.0981. The third kappa shape index (κ3) is 33.2. The number of carboxylic acids is 6. The number of hydrogen-bond acceptors (Lipinski definition) is 13. The minimum absolute atomic E-state index is 0.0231. The van der Waals surface area contributed by atoms with Gasteiger partial charge in [0.1, 0.15) is 30.8 Å². The number of halogens is 2. The van der Waals surface area contributed by atoms with Gasteiger partial charge in [-0.3, -0.25) is 28.8 Å². The van der Waals surface area contributed by atoms with Gasteiger partial charge < -0.3 is 63.0 Å². The summed E-state index contributed by atoms with van der Waals surface area (Å²) in [6, 6.07) is 4.79. The van der Waals surface area contributed by atoms with Crippen molar-refractivity contribution in [2.75, 3.05) is 13.3 Å². The van der Waals surface area contributed by atoms with Crippen molar-refractivity contribution in [3.05, 3.63) is 35.9 Å². The topological polar surface area (TPSA) is 377 Å². The van der Waals surface area contributed by atoms with Crippen LogP contribution < -0.4 is 22.5 Å². The number of rotatable bonds is 17. The average molecular weight is 759 g/mol. The highest BCUT2D eigenvalue weighted by molar-refractivity contribution is 5.81. The number of carbonyl (C=O) groups is 8. The van der Waals surface area contributed by atoms with Crippen molar-refractivity contribution < 1.29 is 87.6 Å². The summed E-state index contributed by atoms with van der Waals surface area (Å²) in [5.41, 5.74) is 15.6. The van der Waals surface area contributed by atoms with E-state index in [0.29, 0.717) is 6.42 Å². The highest BCUT2D eigenvalue weighted by Crippen LogP contribution is 2.09. The van der Waals surface area contributed by atoms with E-state index in [9.17, 15) is 47.1 Å². The lowest BCUT2D eigenvalue weighted by Crippen LogP contribution is -2.45. The summed E-state index contributed by atoms with van der Waals surface area (Å²) in [5.74, 6) is -8.07. The number of alkyl carbamates (subject to hydrolysis) is 1. The molecular weight excluding hydrogens is 710 g/mol. The number of ether oxygens (including phenoxy) is 1. The first-order valence-electron chi connectivity index (χ1n) is 14.9. The maximum atomic E-state index is 11.6.